The first kappa shape index (κ1) is 11.2. The highest BCUT2D eigenvalue weighted by atomic mass is 16.5. The molecule has 4 nitrogen and oxygen atoms in total. The molecule has 0 spiro atoms. The number of aromatic nitrogens is 2. The normalized spacial score (nSPS) is 13.5. The first-order valence-corrected chi connectivity index (χ1v) is 5.11. The standard InChI is InChI=1S/C10H18N2O2/c1-4-9-11-10(14-12-9)6-8(13)5-7(2)3/h7-8,13H,4-6H2,1-3H3. The molecule has 0 aromatic carbocycles. The highest BCUT2D eigenvalue weighted by molar-refractivity contribution is 4.87. The average molecular weight is 198 g/mol. The number of nitrogens with zero attached hydrogens (tertiary/aromatic N) is 2. The summed E-state index contributed by atoms with van der Waals surface area (Å²) in [7, 11) is 0. The lowest BCUT2D eigenvalue weighted by atomic mass is 10.0. The van der Waals surface area contributed by atoms with E-state index in [1.54, 1.807) is 0 Å². The van der Waals surface area contributed by atoms with Crippen molar-refractivity contribution in [2.24, 2.45) is 5.92 Å². The molecule has 0 saturated carbocycles. The summed E-state index contributed by atoms with van der Waals surface area (Å²) >= 11 is 0. The van der Waals surface area contributed by atoms with Crippen molar-refractivity contribution >= 4 is 0 Å². The zero-order chi connectivity index (χ0) is 10.6. The van der Waals surface area contributed by atoms with E-state index in [1.807, 2.05) is 6.92 Å². The van der Waals surface area contributed by atoms with Crippen LogP contribution < -0.4 is 0 Å². The van der Waals surface area contributed by atoms with Crippen LogP contribution in [-0.4, -0.2) is 21.4 Å². The van der Waals surface area contributed by atoms with Crippen molar-refractivity contribution in [3.63, 3.8) is 0 Å². The summed E-state index contributed by atoms with van der Waals surface area (Å²) in [5, 5.41) is 13.4. The van der Waals surface area contributed by atoms with Gasteiger partial charge in [-0.2, -0.15) is 4.98 Å². The van der Waals surface area contributed by atoms with Gasteiger partial charge in [-0.3, -0.25) is 0 Å². The van der Waals surface area contributed by atoms with Crippen LogP contribution in [0.1, 0.15) is 38.9 Å². The van der Waals surface area contributed by atoms with Gasteiger partial charge in [0.15, 0.2) is 5.82 Å². The largest absolute Gasteiger partial charge is 0.393 e. The zero-order valence-corrected chi connectivity index (χ0v) is 9.03. The number of hydrogen-bond acceptors (Lipinski definition) is 4. The van der Waals surface area contributed by atoms with Crippen LogP contribution in [-0.2, 0) is 12.8 Å². The lowest BCUT2D eigenvalue weighted by Crippen LogP contribution is -2.13. The van der Waals surface area contributed by atoms with Crippen LogP contribution >= 0.6 is 0 Å². The molecule has 4 heteroatoms. The van der Waals surface area contributed by atoms with Gasteiger partial charge in [0, 0.05) is 6.42 Å². The minimum atomic E-state index is -0.375. The average Bonchev–Trinajstić information content (AvgIpc) is 2.50. The van der Waals surface area contributed by atoms with E-state index < -0.39 is 0 Å². The summed E-state index contributed by atoms with van der Waals surface area (Å²) in [6, 6.07) is 0. The van der Waals surface area contributed by atoms with E-state index in [1.165, 1.54) is 0 Å². The molecule has 80 valence electrons. The molecule has 0 radical (unpaired) electrons. The zero-order valence-electron chi connectivity index (χ0n) is 9.03. The van der Waals surface area contributed by atoms with Gasteiger partial charge in [-0.25, -0.2) is 0 Å². The van der Waals surface area contributed by atoms with Gasteiger partial charge >= 0.3 is 0 Å². The number of aliphatic hydroxyl groups excluding tert-OH is 1. The van der Waals surface area contributed by atoms with Crippen LogP contribution in [0, 0.1) is 5.92 Å². The fraction of sp³-hybridized carbons (Fsp3) is 0.800. The molecule has 1 rings (SSSR count). The Balaban J connectivity index is 2.43. The molecule has 1 N–H and O–H groups in total. The highest BCUT2D eigenvalue weighted by Gasteiger charge is 2.12. The molecule has 0 fully saturated rings. The first-order chi connectivity index (χ1) is 6.61. The van der Waals surface area contributed by atoms with E-state index in [0.29, 0.717) is 24.1 Å². The SMILES string of the molecule is CCc1noc(CC(O)CC(C)C)n1. The lowest BCUT2D eigenvalue weighted by Gasteiger charge is -2.09. The number of hydrogen-bond donors (Lipinski definition) is 1. The van der Waals surface area contributed by atoms with Gasteiger partial charge in [0.25, 0.3) is 0 Å². The fourth-order valence-corrected chi connectivity index (χ4v) is 1.35. The monoisotopic (exact) mass is 198 g/mol. The highest BCUT2D eigenvalue weighted by Crippen LogP contribution is 2.09. The molecule has 1 unspecified atom stereocenters. The summed E-state index contributed by atoms with van der Waals surface area (Å²) in [5.74, 6) is 1.73. The smallest absolute Gasteiger partial charge is 0.229 e. The third kappa shape index (κ3) is 3.46. The Morgan fingerprint density at radius 1 is 1.43 bits per heavy atom. The summed E-state index contributed by atoms with van der Waals surface area (Å²) in [6.45, 7) is 6.13. The molecule has 1 aromatic heterocycles. The van der Waals surface area contributed by atoms with Crippen molar-refractivity contribution in [3.05, 3.63) is 11.7 Å². The molecule has 14 heavy (non-hydrogen) atoms. The van der Waals surface area contributed by atoms with Gasteiger partial charge in [0.1, 0.15) is 0 Å². The molecule has 0 aliphatic rings. The predicted molar refractivity (Wildman–Crippen MR) is 52.8 cm³/mol. The van der Waals surface area contributed by atoms with Crippen molar-refractivity contribution in [2.45, 2.75) is 46.1 Å². The van der Waals surface area contributed by atoms with E-state index in [2.05, 4.69) is 24.0 Å². The Morgan fingerprint density at radius 2 is 2.14 bits per heavy atom. The maximum absolute atomic E-state index is 9.63. The van der Waals surface area contributed by atoms with Crippen molar-refractivity contribution in [1.82, 2.24) is 10.1 Å². The van der Waals surface area contributed by atoms with Crippen molar-refractivity contribution < 1.29 is 9.63 Å². The summed E-state index contributed by atoms with van der Waals surface area (Å²) in [4.78, 5) is 4.14. The second-order valence-electron chi connectivity index (χ2n) is 3.95. The summed E-state index contributed by atoms with van der Waals surface area (Å²) in [5.41, 5.74) is 0. The third-order valence-electron chi connectivity index (χ3n) is 1.98. The Labute approximate surface area is 84.3 Å². The minimum absolute atomic E-state index is 0.375. The topological polar surface area (TPSA) is 59.2 Å². The first-order valence-electron chi connectivity index (χ1n) is 5.11. The van der Waals surface area contributed by atoms with Crippen LogP contribution in [0.15, 0.2) is 4.52 Å². The Bertz CT molecular complexity index is 271. The molecular weight excluding hydrogens is 180 g/mol. The number of aryl methyl sites for hydroxylation is 1. The van der Waals surface area contributed by atoms with Crippen molar-refractivity contribution in [2.75, 3.05) is 0 Å². The van der Waals surface area contributed by atoms with Crippen LogP contribution in [0.25, 0.3) is 0 Å². The molecule has 0 bridgehead atoms. The van der Waals surface area contributed by atoms with E-state index >= 15 is 0 Å². The molecule has 1 atom stereocenters. The minimum Gasteiger partial charge on any atom is -0.393 e. The summed E-state index contributed by atoms with van der Waals surface area (Å²) in [6.07, 6.45) is 1.62. The van der Waals surface area contributed by atoms with Crippen LogP contribution in [0.4, 0.5) is 0 Å². The van der Waals surface area contributed by atoms with Gasteiger partial charge in [-0.05, 0) is 12.3 Å². The quantitative estimate of drug-likeness (QED) is 0.780. The lowest BCUT2D eigenvalue weighted by molar-refractivity contribution is 0.138. The molecule has 0 amide bonds. The van der Waals surface area contributed by atoms with E-state index in [9.17, 15) is 5.11 Å². The maximum Gasteiger partial charge on any atom is 0.229 e. The van der Waals surface area contributed by atoms with Gasteiger partial charge in [-0.1, -0.05) is 25.9 Å². The third-order valence-corrected chi connectivity index (χ3v) is 1.98. The van der Waals surface area contributed by atoms with Crippen LogP contribution in [0.3, 0.4) is 0 Å². The van der Waals surface area contributed by atoms with Gasteiger partial charge in [0.2, 0.25) is 5.89 Å². The second kappa shape index (κ2) is 5.10. The van der Waals surface area contributed by atoms with Crippen LogP contribution in [0.5, 0.6) is 0 Å². The number of rotatable bonds is 5. The molecule has 0 aliphatic carbocycles. The predicted octanol–water partition coefficient (Wildman–Crippen LogP) is 1.58. The number of aliphatic hydroxyl groups is 1. The summed E-state index contributed by atoms with van der Waals surface area (Å²) < 4.78 is 4.99. The molecular formula is C10H18N2O2. The van der Waals surface area contributed by atoms with E-state index in [4.69, 9.17) is 4.52 Å². The molecule has 0 aliphatic heterocycles. The van der Waals surface area contributed by atoms with Gasteiger partial charge < -0.3 is 9.63 Å². The van der Waals surface area contributed by atoms with Crippen LogP contribution in [0.2, 0.25) is 0 Å². The maximum atomic E-state index is 9.63. The Morgan fingerprint density at radius 3 is 2.64 bits per heavy atom. The Hall–Kier alpha value is -0.900. The molecule has 0 saturated heterocycles. The molecule has 1 heterocycles. The van der Waals surface area contributed by atoms with Gasteiger partial charge in [-0.15, -0.1) is 0 Å². The second-order valence-corrected chi connectivity index (χ2v) is 3.95. The Kier molecular flexibility index (Phi) is 4.07. The van der Waals surface area contributed by atoms with Crippen molar-refractivity contribution in [3.8, 4) is 0 Å². The fourth-order valence-electron chi connectivity index (χ4n) is 1.35. The molecule has 1 aromatic rings. The van der Waals surface area contributed by atoms with Crippen molar-refractivity contribution in [1.29, 1.82) is 0 Å². The van der Waals surface area contributed by atoms with Gasteiger partial charge in [0.05, 0.1) is 12.5 Å². The van der Waals surface area contributed by atoms with E-state index in [-0.39, 0.29) is 6.10 Å². The van der Waals surface area contributed by atoms with E-state index in [0.717, 1.165) is 12.8 Å².